The number of aliphatic hydroxyl groups is 1. The zero-order chi connectivity index (χ0) is 19.8. The van der Waals surface area contributed by atoms with Gasteiger partial charge in [-0.3, -0.25) is 0 Å². The van der Waals surface area contributed by atoms with Crippen LogP contribution in [0.15, 0.2) is 48.5 Å². The SMILES string of the molecule is OC1(Cn2nnc(-c3ccccc3Cc3ccc(C(F)(F)F)cc3)n2)CNC1. The smallest absolute Gasteiger partial charge is 0.385 e. The fourth-order valence-electron chi connectivity index (χ4n) is 3.13. The van der Waals surface area contributed by atoms with Crippen LogP contribution in [0.25, 0.3) is 11.4 Å². The molecule has 3 aromatic rings. The second-order valence-electron chi connectivity index (χ2n) is 7.00. The van der Waals surface area contributed by atoms with E-state index >= 15 is 0 Å². The first kappa shape index (κ1) is 18.6. The highest BCUT2D eigenvalue weighted by atomic mass is 19.4. The predicted molar refractivity (Wildman–Crippen MR) is 95.3 cm³/mol. The van der Waals surface area contributed by atoms with Gasteiger partial charge in [0, 0.05) is 18.7 Å². The van der Waals surface area contributed by atoms with Gasteiger partial charge in [0.1, 0.15) is 5.60 Å². The third-order valence-corrected chi connectivity index (χ3v) is 4.73. The molecule has 146 valence electrons. The lowest BCUT2D eigenvalue weighted by Gasteiger charge is -2.36. The third-order valence-electron chi connectivity index (χ3n) is 4.73. The minimum absolute atomic E-state index is 0.244. The number of hydrogen-bond donors (Lipinski definition) is 2. The van der Waals surface area contributed by atoms with Crippen molar-refractivity contribution in [3.63, 3.8) is 0 Å². The number of nitrogens with zero attached hydrogens (tertiary/aromatic N) is 4. The molecule has 9 heteroatoms. The normalized spacial score (nSPS) is 16.0. The van der Waals surface area contributed by atoms with E-state index in [0.29, 0.717) is 25.3 Å². The molecule has 0 atom stereocenters. The summed E-state index contributed by atoms with van der Waals surface area (Å²) in [5.41, 5.74) is 0.857. The minimum Gasteiger partial charge on any atom is -0.385 e. The Labute approximate surface area is 159 Å². The summed E-state index contributed by atoms with van der Waals surface area (Å²) in [4.78, 5) is 1.37. The first-order chi connectivity index (χ1) is 13.3. The summed E-state index contributed by atoms with van der Waals surface area (Å²) in [5.74, 6) is 0.415. The molecule has 2 heterocycles. The van der Waals surface area contributed by atoms with Gasteiger partial charge in [-0.15, -0.1) is 10.2 Å². The van der Waals surface area contributed by atoms with Crippen LogP contribution >= 0.6 is 0 Å². The maximum absolute atomic E-state index is 12.7. The largest absolute Gasteiger partial charge is 0.416 e. The summed E-state index contributed by atoms with van der Waals surface area (Å²) in [6, 6.07) is 12.6. The molecule has 2 aromatic carbocycles. The predicted octanol–water partition coefficient (Wildman–Crippen LogP) is 2.28. The molecule has 1 aromatic heterocycles. The standard InChI is InChI=1S/C19H18F3N5O/c20-19(21,22)15-7-5-13(6-8-15)9-14-3-1-2-4-16(14)17-24-26-27(25-17)12-18(28)10-23-11-18/h1-8,23,28H,9-12H2. The number of rotatable bonds is 5. The Morgan fingerprint density at radius 3 is 2.43 bits per heavy atom. The van der Waals surface area contributed by atoms with E-state index in [9.17, 15) is 18.3 Å². The van der Waals surface area contributed by atoms with Gasteiger partial charge >= 0.3 is 6.18 Å². The lowest BCUT2D eigenvalue weighted by Crippen LogP contribution is -2.61. The van der Waals surface area contributed by atoms with Crippen molar-refractivity contribution >= 4 is 0 Å². The molecule has 0 radical (unpaired) electrons. The van der Waals surface area contributed by atoms with Gasteiger partial charge in [0.25, 0.3) is 0 Å². The van der Waals surface area contributed by atoms with Crippen molar-refractivity contribution in [2.75, 3.05) is 13.1 Å². The minimum atomic E-state index is -4.35. The number of aromatic nitrogens is 4. The molecule has 0 unspecified atom stereocenters. The van der Waals surface area contributed by atoms with E-state index in [4.69, 9.17) is 0 Å². The van der Waals surface area contributed by atoms with E-state index in [2.05, 4.69) is 20.7 Å². The monoisotopic (exact) mass is 389 g/mol. The van der Waals surface area contributed by atoms with Crippen LogP contribution in [-0.2, 0) is 19.1 Å². The van der Waals surface area contributed by atoms with E-state index in [0.717, 1.165) is 28.8 Å². The lowest BCUT2D eigenvalue weighted by atomic mass is 9.98. The number of tetrazole rings is 1. The quantitative estimate of drug-likeness (QED) is 0.700. The third kappa shape index (κ3) is 3.90. The summed E-state index contributed by atoms with van der Waals surface area (Å²) < 4.78 is 38.2. The Morgan fingerprint density at radius 1 is 1.07 bits per heavy atom. The van der Waals surface area contributed by atoms with Crippen LogP contribution in [0.4, 0.5) is 13.2 Å². The maximum Gasteiger partial charge on any atom is 0.416 e. The van der Waals surface area contributed by atoms with Crippen LogP contribution in [-0.4, -0.2) is 44.0 Å². The van der Waals surface area contributed by atoms with Crippen molar-refractivity contribution in [2.45, 2.75) is 24.7 Å². The van der Waals surface area contributed by atoms with Crippen LogP contribution in [0, 0.1) is 0 Å². The Kier molecular flexibility index (Phi) is 4.64. The van der Waals surface area contributed by atoms with E-state index in [1.807, 2.05) is 24.3 Å². The van der Waals surface area contributed by atoms with E-state index < -0.39 is 17.3 Å². The van der Waals surface area contributed by atoms with E-state index in [-0.39, 0.29) is 6.54 Å². The molecular formula is C19H18F3N5O. The first-order valence-corrected chi connectivity index (χ1v) is 8.78. The van der Waals surface area contributed by atoms with Crippen LogP contribution < -0.4 is 5.32 Å². The second-order valence-corrected chi connectivity index (χ2v) is 7.00. The summed E-state index contributed by atoms with van der Waals surface area (Å²) in [6.45, 7) is 1.21. The molecular weight excluding hydrogens is 371 g/mol. The molecule has 0 amide bonds. The molecule has 6 nitrogen and oxygen atoms in total. The molecule has 0 saturated carbocycles. The van der Waals surface area contributed by atoms with E-state index in [1.54, 1.807) is 0 Å². The molecule has 28 heavy (non-hydrogen) atoms. The van der Waals surface area contributed by atoms with Crippen molar-refractivity contribution in [3.8, 4) is 11.4 Å². The maximum atomic E-state index is 12.7. The average Bonchev–Trinajstić information content (AvgIpc) is 3.09. The van der Waals surface area contributed by atoms with Crippen molar-refractivity contribution in [2.24, 2.45) is 0 Å². The summed E-state index contributed by atoms with van der Waals surface area (Å²) in [6.07, 6.45) is -3.91. The molecule has 0 aliphatic carbocycles. The number of hydrogen-bond acceptors (Lipinski definition) is 5. The van der Waals surface area contributed by atoms with Crippen LogP contribution in [0.5, 0.6) is 0 Å². The van der Waals surface area contributed by atoms with Crippen molar-refractivity contribution in [1.82, 2.24) is 25.5 Å². The van der Waals surface area contributed by atoms with Gasteiger partial charge in [-0.05, 0) is 34.9 Å². The number of β-amino-alcohol motifs (C(OH)–C–C–N with tert-alkyl or cyclic N) is 1. The number of benzene rings is 2. The fraction of sp³-hybridized carbons (Fsp3) is 0.316. The number of alkyl halides is 3. The summed E-state index contributed by atoms with van der Waals surface area (Å²) in [5, 5.41) is 25.6. The van der Waals surface area contributed by atoms with Gasteiger partial charge in [-0.2, -0.15) is 18.0 Å². The highest BCUT2D eigenvalue weighted by molar-refractivity contribution is 5.60. The molecule has 2 N–H and O–H groups in total. The van der Waals surface area contributed by atoms with Gasteiger partial charge in [0.15, 0.2) is 0 Å². The van der Waals surface area contributed by atoms with Crippen molar-refractivity contribution in [3.05, 3.63) is 65.2 Å². The second kappa shape index (κ2) is 6.99. The van der Waals surface area contributed by atoms with Gasteiger partial charge in [0.2, 0.25) is 5.82 Å². The number of nitrogens with one attached hydrogen (secondary N) is 1. The van der Waals surface area contributed by atoms with Crippen LogP contribution in [0.1, 0.15) is 16.7 Å². The lowest BCUT2D eigenvalue weighted by molar-refractivity contribution is -0.137. The molecule has 1 saturated heterocycles. The molecule has 0 spiro atoms. The van der Waals surface area contributed by atoms with Crippen molar-refractivity contribution in [1.29, 1.82) is 0 Å². The Bertz CT molecular complexity index is 964. The summed E-state index contributed by atoms with van der Waals surface area (Å²) in [7, 11) is 0. The molecule has 0 bridgehead atoms. The molecule has 1 aliphatic heterocycles. The van der Waals surface area contributed by atoms with E-state index in [1.165, 1.54) is 16.9 Å². The Hall–Kier alpha value is -2.78. The summed E-state index contributed by atoms with van der Waals surface area (Å²) >= 11 is 0. The fourth-order valence-corrected chi connectivity index (χ4v) is 3.13. The Morgan fingerprint density at radius 2 is 1.79 bits per heavy atom. The van der Waals surface area contributed by atoms with Gasteiger partial charge in [-0.1, -0.05) is 36.4 Å². The first-order valence-electron chi connectivity index (χ1n) is 8.78. The van der Waals surface area contributed by atoms with Crippen LogP contribution in [0.2, 0.25) is 0 Å². The van der Waals surface area contributed by atoms with Gasteiger partial charge < -0.3 is 10.4 Å². The molecule has 4 rings (SSSR count). The van der Waals surface area contributed by atoms with Gasteiger partial charge in [-0.25, -0.2) is 0 Å². The molecule has 1 fully saturated rings. The highest BCUT2D eigenvalue weighted by Crippen LogP contribution is 2.30. The number of halogens is 3. The molecule has 1 aliphatic rings. The topological polar surface area (TPSA) is 75.9 Å². The zero-order valence-electron chi connectivity index (χ0n) is 14.8. The van der Waals surface area contributed by atoms with Gasteiger partial charge in [0.05, 0.1) is 12.1 Å². The zero-order valence-corrected chi connectivity index (χ0v) is 14.8. The average molecular weight is 389 g/mol. The highest BCUT2D eigenvalue weighted by Gasteiger charge is 2.35. The van der Waals surface area contributed by atoms with Crippen LogP contribution in [0.3, 0.4) is 0 Å². The Balaban J connectivity index is 1.55. The van der Waals surface area contributed by atoms with Crippen molar-refractivity contribution < 1.29 is 18.3 Å².